The lowest BCUT2D eigenvalue weighted by molar-refractivity contribution is 0.307. The molecule has 0 amide bonds. The molecule has 0 radical (unpaired) electrons. The number of benzene rings is 2. The maximum Gasteiger partial charge on any atom is 0.246 e. The summed E-state index contributed by atoms with van der Waals surface area (Å²) in [6.07, 6.45) is 0.682. The molecule has 7 nitrogen and oxygen atoms in total. The summed E-state index contributed by atoms with van der Waals surface area (Å²) < 4.78 is 62.9. The van der Waals surface area contributed by atoms with Gasteiger partial charge in [-0.1, -0.05) is 13.0 Å². The molecule has 0 bridgehead atoms. The van der Waals surface area contributed by atoms with Crippen LogP contribution in [0.15, 0.2) is 52.3 Å². The summed E-state index contributed by atoms with van der Waals surface area (Å²) in [5.41, 5.74) is 0.863. The molecule has 0 aromatic heterocycles. The lowest BCUT2D eigenvalue weighted by Gasteiger charge is -2.37. The third kappa shape index (κ3) is 3.61. The van der Waals surface area contributed by atoms with E-state index in [1.165, 1.54) is 30.7 Å². The molecule has 0 spiro atoms. The second kappa shape index (κ2) is 7.73. The molecule has 9 heteroatoms. The molecule has 1 fully saturated rings. The van der Waals surface area contributed by atoms with Crippen LogP contribution in [0.1, 0.15) is 12.5 Å². The summed E-state index contributed by atoms with van der Waals surface area (Å²) in [4.78, 5) is 0.218. The molecule has 2 aromatic carbocycles. The van der Waals surface area contributed by atoms with Crippen molar-refractivity contribution in [3.8, 4) is 11.5 Å². The topological polar surface area (TPSA) is 90.0 Å². The van der Waals surface area contributed by atoms with E-state index in [0.717, 1.165) is 5.56 Å². The molecule has 0 unspecified atom stereocenters. The smallest absolute Gasteiger partial charge is 0.246 e. The monoisotopic (exact) mass is 425 g/mol. The Bertz CT molecular complexity index is 1060. The molecular formula is C19H23NO6S2. The predicted octanol–water partition coefficient (Wildman–Crippen LogP) is 2.11. The van der Waals surface area contributed by atoms with Crippen molar-refractivity contribution < 1.29 is 26.3 Å². The zero-order valence-corrected chi connectivity index (χ0v) is 17.6. The van der Waals surface area contributed by atoms with Gasteiger partial charge in [0.2, 0.25) is 10.0 Å². The number of ether oxygens (including phenoxy) is 2. The fraction of sp³-hybridized carbons (Fsp3) is 0.368. The van der Waals surface area contributed by atoms with Crippen LogP contribution >= 0.6 is 0 Å². The first-order valence-corrected chi connectivity index (χ1v) is 11.8. The first-order valence-electron chi connectivity index (χ1n) is 8.79. The highest BCUT2D eigenvalue weighted by Gasteiger charge is 2.45. The van der Waals surface area contributed by atoms with Crippen LogP contribution in [-0.4, -0.2) is 53.7 Å². The molecule has 0 aliphatic carbocycles. The quantitative estimate of drug-likeness (QED) is 0.675. The zero-order chi connectivity index (χ0) is 20.5. The molecular weight excluding hydrogens is 402 g/mol. The fourth-order valence-corrected chi connectivity index (χ4v) is 6.61. The first kappa shape index (κ1) is 20.6. The van der Waals surface area contributed by atoms with E-state index in [0.29, 0.717) is 12.2 Å². The van der Waals surface area contributed by atoms with Crippen LogP contribution in [0.4, 0.5) is 0 Å². The van der Waals surface area contributed by atoms with Crippen molar-refractivity contribution in [3.63, 3.8) is 0 Å². The molecule has 28 heavy (non-hydrogen) atoms. The SMILES string of the molecule is CCc1ccc(OC)c(S(=O)(=O)N2CC(S(=O)(=O)c3ccc(OC)cc3)C2)c1. The maximum atomic E-state index is 13.0. The number of aryl methyl sites for hydroxylation is 1. The lowest BCUT2D eigenvalue weighted by Crippen LogP contribution is -2.56. The normalized spacial score (nSPS) is 15.8. The number of nitrogens with zero attached hydrogens (tertiary/aromatic N) is 1. The van der Waals surface area contributed by atoms with E-state index in [2.05, 4.69) is 0 Å². The van der Waals surface area contributed by atoms with E-state index >= 15 is 0 Å². The van der Waals surface area contributed by atoms with Crippen LogP contribution in [0, 0.1) is 0 Å². The molecule has 2 aromatic rings. The summed E-state index contributed by atoms with van der Waals surface area (Å²) in [6, 6.07) is 11.1. The summed E-state index contributed by atoms with van der Waals surface area (Å²) in [5.74, 6) is 0.804. The molecule has 0 atom stereocenters. The minimum atomic E-state index is -3.84. The van der Waals surface area contributed by atoms with Crippen molar-refractivity contribution in [2.24, 2.45) is 0 Å². The highest BCUT2D eigenvalue weighted by Crippen LogP contribution is 2.33. The van der Waals surface area contributed by atoms with E-state index in [1.807, 2.05) is 13.0 Å². The van der Waals surface area contributed by atoms with Crippen molar-refractivity contribution in [3.05, 3.63) is 48.0 Å². The molecule has 0 N–H and O–H groups in total. The molecule has 1 aliphatic heterocycles. The number of rotatable bonds is 7. The lowest BCUT2D eigenvalue weighted by atomic mass is 10.2. The Balaban J connectivity index is 1.82. The Hall–Kier alpha value is -2.10. The summed E-state index contributed by atoms with van der Waals surface area (Å²) in [7, 11) is -4.55. The van der Waals surface area contributed by atoms with Crippen molar-refractivity contribution in [2.45, 2.75) is 28.4 Å². The first-order chi connectivity index (χ1) is 13.2. The maximum absolute atomic E-state index is 13.0. The molecule has 1 heterocycles. The predicted molar refractivity (Wildman–Crippen MR) is 105 cm³/mol. The number of hydrogen-bond donors (Lipinski definition) is 0. The van der Waals surface area contributed by atoms with Crippen LogP contribution in [-0.2, 0) is 26.3 Å². The highest BCUT2D eigenvalue weighted by molar-refractivity contribution is 7.92. The van der Waals surface area contributed by atoms with Gasteiger partial charge in [-0.2, -0.15) is 4.31 Å². The second-order valence-corrected chi connectivity index (χ2v) is 10.6. The van der Waals surface area contributed by atoms with Gasteiger partial charge in [-0.05, 0) is 48.4 Å². The number of sulfone groups is 1. The van der Waals surface area contributed by atoms with E-state index in [1.54, 1.807) is 24.3 Å². The molecule has 0 saturated carbocycles. The summed E-state index contributed by atoms with van der Waals surface area (Å²) in [6.45, 7) is 1.76. The van der Waals surface area contributed by atoms with Gasteiger partial charge < -0.3 is 9.47 Å². The zero-order valence-electron chi connectivity index (χ0n) is 16.0. The summed E-state index contributed by atoms with van der Waals surface area (Å²) in [5, 5.41) is -0.781. The van der Waals surface area contributed by atoms with Gasteiger partial charge in [-0.3, -0.25) is 0 Å². The standard InChI is InChI=1S/C19H23NO6S2/c1-4-14-5-10-18(26-3)19(11-14)28(23,24)20-12-17(13-20)27(21,22)16-8-6-15(25-2)7-9-16/h5-11,17H,4,12-13H2,1-3H3. The van der Waals surface area contributed by atoms with Crippen molar-refractivity contribution >= 4 is 19.9 Å². The minimum absolute atomic E-state index is 0.0645. The van der Waals surface area contributed by atoms with Gasteiger partial charge in [-0.25, -0.2) is 16.8 Å². The van der Waals surface area contributed by atoms with E-state index in [9.17, 15) is 16.8 Å². The minimum Gasteiger partial charge on any atom is -0.497 e. The third-order valence-electron chi connectivity index (χ3n) is 4.90. The van der Waals surface area contributed by atoms with Gasteiger partial charge in [0.1, 0.15) is 16.4 Å². The molecule has 3 rings (SSSR count). The van der Waals surface area contributed by atoms with E-state index in [-0.39, 0.29) is 28.6 Å². The average Bonchev–Trinajstić information content (AvgIpc) is 2.65. The Morgan fingerprint density at radius 3 is 2.14 bits per heavy atom. The second-order valence-electron chi connectivity index (χ2n) is 6.50. The van der Waals surface area contributed by atoms with Gasteiger partial charge in [0.25, 0.3) is 0 Å². The van der Waals surface area contributed by atoms with Crippen LogP contribution in [0.2, 0.25) is 0 Å². The Morgan fingerprint density at radius 1 is 0.964 bits per heavy atom. The van der Waals surface area contributed by atoms with Crippen molar-refractivity contribution in [2.75, 3.05) is 27.3 Å². The molecule has 152 valence electrons. The van der Waals surface area contributed by atoms with Crippen molar-refractivity contribution in [1.29, 1.82) is 0 Å². The van der Waals surface area contributed by atoms with Crippen LogP contribution in [0.3, 0.4) is 0 Å². The average molecular weight is 426 g/mol. The largest absolute Gasteiger partial charge is 0.497 e. The number of methoxy groups -OCH3 is 2. The van der Waals surface area contributed by atoms with Crippen LogP contribution in [0.5, 0.6) is 11.5 Å². The van der Waals surface area contributed by atoms with Crippen molar-refractivity contribution in [1.82, 2.24) is 4.31 Å². The summed E-state index contributed by atoms with van der Waals surface area (Å²) >= 11 is 0. The van der Waals surface area contributed by atoms with E-state index < -0.39 is 25.1 Å². The van der Waals surface area contributed by atoms with Crippen LogP contribution < -0.4 is 9.47 Å². The molecule has 1 aliphatic rings. The molecule has 1 saturated heterocycles. The van der Waals surface area contributed by atoms with Gasteiger partial charge in [-0.15, -0.1) is 0 Å². The third-order valence-corrected chi connectivity index (χ3v) is 8.85. The van der Waals surface area contributed by atoms with Crippen LogP contribution in [0.25, 0.3) is 0 Å². The number of sulfonamides is 1. The highest BCUT2D eigenvalue weighted by atomic mass is 32.2. The van der Waals surface area contributed by atoms with Gasteiger partial charge in [0.15, 0.2) is 9.84 Å². The fourth-order valence-electron chi connectivity index (χ4n) is 3.03. The Labute approximate surface area is 165 Å². The van der Waals surface area contributed by atoms with E-state index in [4.69, 9.17) is 9.47 Å². The Kier molecular flexibility index (Phi) is 5.69. The number of hydrogen-bond acceptors (Lipinski definition) is 6. The van der Waals surface area contributed by atoms with Gasteiger partial charge in [0, 0.05) is 13.1 Å². The van der Waals surface area contributed by atoms with Gasteiger partial charge in [0.05, 0.1) is 24.4 Å². The Morgan fingerprint density at radius 2 is 1.61 bits per heavy atom. The van der Waals surface area contributed by atoms with Gasteiger partial charge >= 0.3 is 0 Å².